The van der Waals surface area contributed by atoms with E-state index in [4.69, 9.17) is 16.3 Å². The molecule has 7 heteroatoms. The summed E-state index contributed by atoms with van der Waals surface area (Å²) < 4.78 is 19.8. The fourth-order valence-electron chi connectivity index (χ4n) is 3.66. The molecule has 1 aromatic carbocycles. The average Bonchev–Trinajstić information content (AvgIpc) is 2.56. The molecule has 0 bridgehead atoms. The number of hydrogen-bond donors (Lipinski definition) is 3. The van der Waals surface area contributed by atoms with Crippen LogP contribution < -0.4 is 10.6 Å². The molecule has 0 saturated carbocycles. The highest BCUT2D eigenvalue weighted by molar-refractivity contribution is 6.31. The Kier molecular flexibility index (Phi) is 4.84. The molecule has 0 radical (unpaired) electrons. The maximum atomic E-state index is 13.9. The predicted molar refractivity (Wildman–Crippen MR) is 88.7 cm³/mol. The zero-order valence-corrected chi connectivity index (χ0v) is 14.3. The van der Waals surface area contributed by atoms with Gasteiger partial charge in [-0.1, -0.05) is 11.6 Å². The summed E-state index contributed by atoms with van der Waals surface area (Å²) >= 11 is 5.86. The molecule has 24 heavy (non-hydrogen) atoms. The normalized spacial score (nSPS) is 29.4. The molecule has 2 heterocycles. The van der Waals surface area contributed by atoms with Gasteiger partial charge in [0.25, 0.3) is 5.91 Å². The smallest absolute Gasteiger partial charge is 0.254 e. The number of benzene rings is 1. The molecule has 1 aromatic rings. The number of hydrogen-bond acceptors (Lipinski definition) is 4. The van der Waals surface area contributed by atoms with Crippen LogP contribution in [0.2, 0.25) is 5.02 Å². The van der Waals surface area contributed by atoms with Crippen molar-refractivity contribution >= 4 is 17.5 Å². The van der Waals surface area contributed by atoms with Crippen molar-refractivity contribution in [3.8, 4) is 0 Å². The Morgan fingerprint density at radius 1 is 1.42 bits per heavy atom. The zero-order valence-electron chi connectivity index (χ0n) is 13.6. The molecule has 3 N–H and O–H groups in total. The molecular formula is C17H22ClFN2O3. The molecule has 3 rings (SSSR count). The number of rotatable bonds is 2. The summed E-state index contributed by atoms with van der Waals surface area (Å²) in [6.45, 7) is 3.73. The van der Waals surface area contributed by atoms with E-state index < -0.39 is 29.0 Å². The summed E-state index contributed by atoms with van der Waals surface area (Å²) in [4.78, 5) is 12.5. The van der Waals surface area contributed by atoms with Crippen LogP contribution in [0.5, 0.6) is 0 Å². The number of nitrogens with one attached hydrogen (secondary N) is 2. The summed E-state index contributed by atoms with van der Waals surface area (Å²) in [7, 11) is 0. The van der Waals surface area contributed by atoms with Crippen LogP contribution in [-0.2, 0) is 4.74 Å². The molecule has 1 spiro atoms. The Morgan fingerprint density at radius 3 is 2.83 bits per heavy atom. The molecule has 0 aromatic heterocycles. The molecule has 0 unspecified atom stereocenters. The van der Waals surface area contributed by atoms with Gasteiger partial charge in [-0.3, -0.25) is 4.79 Å². The summed E-state index contributed by atoms with van der Waals surface area (Å²) in [5.74, 6) is -1.22. The fraction of sp³-hybridized carbons (Fsp3) is 0.588. The van der Waals surface area contributed by atoms with Crippen LogP contribution in [0.1, 0.15) is 36.5 Å². The largest absolute Gasteiger partial charge is 0.388 e. The van der Waals surface area contributed by atoms with E-state index in [-0.39, 0.29) is 10.6 Å². The molecule has 2 atom stereocenters. The number of aliphatic hydroxyl groups excluding tert-OH is 1. The third-order valence-corrected chi connectivity index (χ3v) is 5.37. The summed E-state index contributed by atoms with van der Waals surface area (Å²) in [5, 5.41) is 17.3. The number of amides is 1. The first-order valence-electron chi connectivity index (χ1n) is 8.17. The van der Waals surface area contributed by atoms with E-state index in [0.29, 0.717) is 25.9 Å². The topological polar surface area (TPSA) is 70.6 Å². The second-order valence-electron chi connectivity index (χ2n) is 6.81. The van der Waals surface area contributed by atoms with Crippen LogP contribution in [0.25, 0.3) is 0 Å². The second kappa shape index (κ2) is 6.59. The first-order chi connectivity index (χ1) is 11.4. The average molecular weight is 357 g/mol. The lowest BCUT2D eigenvalue weighted by Crippen LogP contribution is -2.69. The van der Waals surface area contributed by atoms with Gasteiger partial charge in [-0.25, -0.2) is 4.39 Å². The molecular weight excluding hydrogens is 335 g/mol. The van der Waals surface area contributed by atoms with E-state index in [1.807, 2.05) is 0 Å². The van der Waals surface area contributed by atoms with Gasteiger partial charge in [-0.05, 0) is 57.5 Å². The highest BCUT2D eigenvalue weighted by Gasteiger charge is 2.53. The standard InChI is InChI=1S/C17H22ClFN2O3/c1-16(21-14(22)12-10-11(18)2-3-13(12)19)6-9-24-17(15(16)23)4-7-20-8-5-17/h2-3,10,15,20,23H,4-9H2,1H3,(H,21,22)/t15-,16+/m0/s1. The number of ether oxygens (including phenoxy) is 1. The van der Waals surface area contributed by atoms with Gasteiger partial charge in [0.1, 0.15) is 11.9 Å². The number of piperidine rings is 1. The Hall–Kier alpha value is -1.21. The van der Waals surface area contributed by atoms with Gasteiger partial charge >= 0.3 is 0 Å². The monoisotopic (exact) mass is 356 g/mol. The van der Waals surface area contributed by atoms with Crippen molar-refractivity contribution in [1.29, 1.82) is 0 Å². The third kappa shape index (κ3) is 3.16. The van der Waals surface area contributed by atoms with Crippen LogP contribution in [0, 0.1) is 5.82 Å². The van der Waals surface area contributed by atoms with Crippen LogP contribution in [0.4, 0.5) is 4.39 Å². The minimum atomic E-state index is -0.887. The Bertz CT molecular complexity index is 631. The maximum absolute atomic E-state index is 13.9. The van der Waals surface area contributed by atoms with Crippen LogP contribution in [-0.4, -0.2) is 48.0 Å². The molecule has 2 fully saturated rings. The molecule has 2 saturated heterocycles. The van der Waals surface area contributed by atoms with E-state index in [1.54, 1.807) is 6.92 Å². The SMILES string of the molecule is C[C@@]1(NC(=O)c2cc(Cl)ccc2F)CCOC2(CCNCC2)[C@H]1O. The van der Waals surface area contributed by atoms with E-state index in [0.717, 1.165) is 19.2 Å². The highest BCUT2D eigenvalue weighted by atomic mass is 35.5. The number of aliphatic hydroxyl groups is 1. The van der Waals surface area contributed by atoms with Gasteiger partial charge in [0.15, 0.2) is 0 Å². The van der Waals surface area contributed by atoms with E-state index >= 15 is 0 Å². The van der Waals surface area contributed by atoms with Gasteiger partial charge in [-0.15, -0.1) is 0 Å². The van der Waals surface area contributed by atoms with Gasteiger partial charge < -0.3 is 20.5 Å². The maximum Gasteiger partial charge on any atom is 0.254 e. The molecule has 0 aliphatic carbocycles. The molecule has 2 aliphatic heterocycles. The van der Waals surface area contributed by atoms with Crippen molar-refractivity contribution in [2.45, 2.75) is 43.4 Å². The number of halogens is 2. The molecule has 132 valence electrons. The summed E-state index contributed by atoms with van der Waals surface area (Å²) in [6.07, 6.45) is 0.931. The van der Waals surface area contributed by atoms with Gasteiger partial charge in [0.05, 0.1) is 16.7 Å². The van der Waals surface area contributed by atoms with Gasteiger partial charge in [0.2, 0.25) is 0 Å². The Morgan fingerprint density at radius 2 is 2.12 bits per heavy atom. The summed E-state index contributed by atoms with van der Waals surface area (Å²) in [6, 6.07) is 3.85. The van der Waals surface area contributed by atoms with Crippen molar-refractivity contribution in [3.05, 3.63) is 34.6 Å². The Labute approximate surface area is 145 Å². The highest BCUT2D eigenvalue weighted by Crippen LogP contribution is 2.38. The van der Waals surface area contributed by atoms with Crippen LogP contribution in [0.3, 0.4) is 0 Å². The first kappa shape index (κ1) is 17.6. The summed E-state index contributed by atoms with van der Waals surface area (Å²) in [5.41, 5.74) is -1.68. The lowest BCUT2D eigenvalue weighted by atomic mass is 9.73. The first-order valence-corrected chi connectivity index (χ1v) is 8.54. The van der Waals surface area contributed by atoms with Crippen LogP contribution >= 0.6 is 11.6 Å². The number of carbonyl (C=O) groups excluding carboxylic acids is 1. The van der Waals surface area contributed by atoms with Gasteiger partial charge in [0, 0.05) is 11.6 Å². The third-order valence-electron chi connectivity index (χ3n) is 5.13. The second-order valence-corrected chi connectivity index (χ2v) is 7.25. The lowest BCUT2D eigenvalue weighted by molar-refractivity contribution is -0.197. The molecule has 5 nitrogen and oxygen atoms in total. The van der Waals surface area contributed by atoms with Crippen LogP contribution in [0.15, 0.2) is 18.2 Å². The molecule has 1 amide bonds. The van der Waals surface area contributed by atoms with E-state index in [9.17, 15) is 14.3 Å². The fourth-order valence-corrected chi connectivity index (χ4v) is 3.83. The number of carbonyl (C=O) groups is 1. The Balaban J connectivity index is 1.82. The zero-order chi connectivity index (χ0) is 17.4. The van der Waals surface area contributed by atoms with Crippen molar-refractivity contribution in [2.24, 2.45) is 0 Å². The minimum Gasteiger partial charge on any atom is -0.388 e. The quantitative estimate of drug-likeness (QED) is 0.756. The van der Waals surface area contributed by atoms with Crippen molar-refractivity contribution in [2.75, 3.05) is 19.7 Å². The van der Waals surface area contributed by atoms with E-state index in [1.165, 1.54) is 12.1 Å². The van der Waals surface area contributed by atoms with Crippen molar-refractivity contribution < 1.29 is 19.0 Å². The van der Waals surface area contributed by atoms with Gasteiger partial charge in [-0.2, -0.15) is 0 Å². The predicted octanol–water partition coefficient (Wildman–Crippen LogP) is 1.87. The van der Waals surface area contributed by atoms with E-state index in [2.05, 4.69) is 10.6 Å². The van der Waals surface area contributed by atoms with Crippen molar-refractivity contribution in [3.63, 3.8) is 0 Å². The molecule has 2 aliphatic rings. The minimum absolute atomic E-state index is 0.123. The van der Waals surface area contributed by atoms with Crippen molar-refractivity contribution in [1.82, 2.24) is 10.6 Å². The lowest BCUT2D eigenvalue weighted by Gasteiger charge is -2.52.